The first-order chi connectivity index (χ1) is 7.98. The second-order valence-corrected chi connectivity index (χ2v) is 6.93. The molecule has 0 bridgehead atoms. The molecular weight excluding hydrogens is 260 g/mol. The molecule has 0 amide bonds. The third kappa shape index (κ3) is 11.0. The molecule has 0 saturated carbocycles. The molecule has 104 valence electrons. The van der Waals surface area contributed by atoms with Crippen molar-refractivity contribution in [1.29, 1.82) is 0 Å². The van der Waals surface area contributed by atoms with Crippen molar-refractivity contribution in [3.05, 3.63) is 0 Å². The summed E-state index contributed by atoms with van der Waals surface area (Å²) in [5.74, 6) is 0. The van der Waals surface area contributed by atoms with Crippen LogP contribution < -0.4 is 0 Å². The Morgan fingerprint density at radius 2 is 1.35 bits per heavy atom. The maximum atomic E-state index is 10.6. The fraction of sp³-hybridized carbons (Fsp3) is 1.00. The van der Waals surface area contributed by atoms with Crippen molar-refractivity contribution in [2.45, 2.75) is 75.8 Å². The molecule has 0 spiro atoms. The molecule has 0 aromatic rings. The molecule has 0 heterocycles. The van der Waals surface area contributed by atoms with Gasteiger partial charge in [-0.2, -0.15) is 8.42 Å². The van der Waals surface area contributed by atoms with Crippen LogP contribution in [0.2, 0.25) is 0 Å². The summed E-state index contributed by atoms with van der Waals surface area (Å²) in [5, 5.41) is 0. The molecule has 1 unspecified atom stereocenters. The van der Waals surface area contributed by atoms with Gasteiger partial charge < -0.3 is 0 Å². The maximum Gasteiger partial charge on any atom is 0.281 e. The van der Waals surface area contributed by atoms with Gasteiger partial charge in [0, 0.05) is 0 Å². The lowest BCUT2D eigenvalue weighted by atomic mass is 10.1. The Kier molecular flexibility index (Phi) is 10.3. The number of hydrogen-bond acceptors (Lipinski definition) is 2. The van der Waals surface area contributed by atoms with Crippen LogP contribution in [0.25, 0.3) is 0 Å². The van der Waals surface area contributed by atoms with Gasteiger partial charge in [0.25, 0.3) is 10.1 Å². The minimum absolute atomic E-state index is 0.343. The van der Waals surface area contributed by atoms with Gasteiger partial charge in [0.05, 0.1) is 0 Å². The van der Waals surface area contributed by atoms with Crippen LogP contribution in [0.1, 0.15) is 71.1 Å². The molecule has 0 rings (SSSR count). The van der Waals surface area contributed by atoms with E-state index < -0.39 is 14.8 Å². The lowest BCUT2D eigenvalue weighted by Crippen LogP contribution is -2.13. The molecule has 3 nitrogen and oxygen atoms in total. The van der Waals surface area contributed by atoms with Gasteiger partial charge >= 0.3 is 0 Å². The predicted octanol–water partition coefficient (Wildman–Crippen LogP) is 4.36. The van der Waals surface area contributed by atoms with Gasteiger partial charge in [-0.1, -0.05) is 64.7 Å². The Morgan fingerprint density at radius 1 is 0.941 bits per heavy atom. The largest absolute Gasteiger partial charge is 0.284 e. The molecule has 0 aliphatic heterocycles. The number of unbranched alkanes of at least 4 members (excludes halogenated alkanes) is 8. The molecule has 0 aliphatic rings. The van der Waals surface area contributed by atoms with E-state index in [2.05, 4.69) is 6.92 Å². The first-order valence-electron chi connectivity index (χ1n) is 6.59. The summed E-state index contributed by atoms with van der Waals surface area (Å²) in [6.45, 7) is 2.21. The third-order valence-corrected chi connectivity index (χ3v) is 4.63. The van der Waals surface area contributed by atoms with E-state index >= 15 is 0 Å². The van der Waals surface area contributed by atoms with Crippen molar-refractivity contribution in [3.63, 3.8) is 0 Å². The highest BCUT2D eigenvalue weighted by Crippen LogP contribution is 2.16. The average Bonchev–Trinajstić information content (AvgIpc) is 2.25. The highest BCUT2D eigenvalue weighted by atomic mass is 35.5. The van der Waals surface area contributed by atoms with Crippen LogP contribution in [0.5, 0.6) is 0 Å². The van der Waals surface area contributed by atoms with Crippen LogP contribution in [-0.2, 0) is 10.1 Å². The highest BCUT2D eigenvalue weighted by Gasteiger charge is 2.18. The van der Waals surface area contributed by atoms with Crippen LogP contribution in [0.3, 0.4) is 0 Å². The fourth-order valence-electron chi connectivity index (χ4n) is 1.76. The molecule has 17 heavy (non-hydrogen) atoms. The summed E-state index contributed by atoms with van der Waals surface area (Å²) in [6.07, 6.45) is 10.9. The number of rotatable bonds is 11. The second-order valence-electron chi connectivity index (χ2n) is 4.54. The predicted molar refractivity (Wildman–Crippen MR) is 73.0 cm³/mol. The van der Waals surface area contributed by atoms with Crippen LogP contribution in [0.4, 0.5) is 0 Å². The monoisotopic (exact) mass is 284 g/mol. The number of halogens is 1. The molecule has 0 fully saturated rings. The van der Waals surface area contributed by atoms with Crippen molar-refractivity contribution >= 4 is 21.7 Å². The Balaban J connectivity index is 3.24. The second kappa shape index (κ2) is 10.2. The van der Waals surface area contributed by atoms with E-state index in [-0.39, 0.29) is 0 Å². The van der Waals surface area contributed by atoms with E-state index in [1.54, 1.807) is 0 Å². The van der Waals surface area contributed by atoms with E-state index in [0.717, 1.165) is 19.3 Å². The Labute approximate surface area is 111 Å². The van der Waals surface area contributed by atoms with Crippen molar-refractivity contribution in [3.8, 4) is 0 Å². The zero-order chi connectivity index (χ0) is 13.1. The first-order valence-corrected chi connectivity index (χ1v) is 8.52. The molecule has 0 aromatic heterocycles. The fourth-order valence-corrected chi connectivity index (χ4v) is 2.38. The average molecular weight is 285 g/mol. The van der Waals surface area contributed by atoms with Crippen LogP contribution in [-0.4, -0.2) is 17.7 Å². The molecular formula is C12H25ClO3S. The lowest BCUT2D eigenvalue weighted by molar-refractivity contribution is 0.473. The van der Waals surface area contributed by atoms with E-state index in [4.69, 9.17) is 16.2 Å². The van der Waals surface area contributed by atoms with Gasteiger partial charge in [-0.3, -0.25) is 4.55 Å². The van der Waals surface area contributed by atoms with Crippen LogP contribution in [0.15, 0.2) is 0 Å². The smallest absolute Gasteiger partial charge is 0.281 e. The highest BCUT2D eigenvalue weighted by molar-refractivity contribution is 7.87. The lowest BCUT2D eigenvalue weighted by Gasteiger charge is -2.05. The van der Waals surface area contributed by atoms with Crippen LogP contribution in [0, 0.1) is 0 Å². The molecule has 5 heteroatoms. The minimum atomic E-state index is -4.05. The Bertz CT molecular complexity index is 265. The van der Waals surface area contributed by atoms with Gasteiger partial charge in [0.2, 0.25) is 0 Å². The van der Waals surface area contributed by atoms with Crippen molar-refractivity contribution in [1.82, 2.24) is 0 Å². The van der Waals surface area contributed by atoms with E-state index in [0.29, 0.717) is 6.42 Å². The van der Waals surface area contributed by atoms with E-state index in [1.807, 2.05) is 0 Å². The van der Waals surface area contributed by atoms with Crippen LogP contribution >= 0.6 is 11.6 Å². The summed E-state index contributed by atoms with van der Waals surface area (Å²) in [6, 6.07) is 0. The third-order valence-electron chi connectivity index (χ3n) is 2.86. The van der Waals surface area contributed by atoms with Crippen molar-refractivity contribution in [2.24, 2.45) is 0 Å². The molecule has 0 saturated heterocycles. The first kappa shape index (κ1) is 17.2. The summed E-state index contributed by atoms with van der Waals surface area (Å²) < 4.78 is 28.8. The summed E-state index contributed by atoms with van der Waals surface area (Å²) in [5.41, 5.74) is 0. The van der Waals surface area contributed by atoms with Gasteiger partial charge in [0.1, 0.15) is 0 Å². The topological polar surface area (TPSA) is 54.4 Å². The SMILES string of the molecule is CCCCCCCCCCCC(Cl)S(=O)(=O)O. The molecule has 0 radical (unpaired) electrons. The minimum Gasteiger partial charge on any atom is -0.284 e. The molecule has 0 aliphatic carbocycles. The number of alkyl halides is 1. The zero-order valence-electron chi connectivity index (χ0n) is 10.7. The summed E-state index contributed by atoms with van der Waals surface area (Å²) in [4.78, 5) is 0. The van der Waals surface area contributed by atoms with E-state index in [1.165, 1.54) is 38.5 Å². The van der Waals surface area contributed by atoms with Gasteiger partial charge in [-0.15, -0.1) is 11.6 Å². The standard InChI is InChI=1S/C12H25ClO3S/c1-2-3-4-5-6-7-8-9-10-11-12(13)17(14,15)16/h12H,2-11H2,1H3,(H,14,15,16). The summed E-state index contributed by atoms with van der Waals surface area (Å²) in [7, 11) is -4.05. The quantitative estimate of drug-likeness (QED) is 0.348. The molecule has 1 N–H and O–H groups in total. The van der Waals surface area contributed by atoms with E-state index in [9.17, 15) is 8.42 Å². The van der Waals surface area contributed by atoms with Gasteiger partial charge in [-0.05, 0) is 6.42 Å². The Morgan fingerprint density at radius 3 is 1.76 bits per heavy atom. The van der Waals surface area contributed by atoms with Crippen molar-refractivity contribution < 1.29 is 13.0 Å². The van der Waals surface area contributed by atoms with Crippen molar-refractivity contribution in [2.75, 3.05) is 0 Å². The summed E-state index contributed by atoms with van der Waals surface area (Å²) >= 11 is 5.52. The molecule has 0 aromatic carbocycles. The normalized spacial score (nSPS) is 13.8. The number of hydrogen-bond donors (Lipinski definition) is 1. The van der Waals surface area contributed by atoms with Gasteiger partial charge in [0.15, 0.2) is 4.71 Å². The Hall–Kier alpha value is 0.200. The zero-order valence-corrected chi connectivity index (χ0v) is 12.3. The molecule has 1 atom stereocenters. The maximum absolute atomic E-state index is 10.6. The van der Waals surface area contributed by atoms with Gasteiger partial charge in [-0.25, -0.2) is 0 Å².